The molecule has 0 spiro atoms. The molecule has 0 aromatic carbocycles. The molecule has 158 valence electrons. The highest BCUT2D eigenvalue weighted by Gasteiger charge is 2.64. The van der Waals surface area contributed by atoms with Gasteiger partial charge in [0.1, 0.15) is 12.7 Å². The van der Waals surface area contributed by atoms with Crippen molar-refractivity contribution in [1.82, 2.24) is 0 Å². The van der Waals surface area contributed by atoms with E-state index in [1.54, 1.807) is 0 Å². The second-order valence-corrected chi connectivity index (χ2v) is 10.6. The third-order valence-electron chi connectivity index (χ3n) is 9.41. The first-order valence-electron chi connectivity index (χ1n) is 11.2. The Bertz CT molecular complexity index is 647. The van der Waals surface area contributed by atoms with Gasteiger partial charge in [-0.15, -0.1) is 0 Å². The fourth-order valence-electron chi connectivity index (χ4n) is 8.29. The van der Waals surface area contributed by atoms with Gasteiger partial charge in [-0.1, -0.05) is 13.8 Å². The van der Waals surface area contributed by atoms with E-state index in [0.717, 1.165) is 51.4 Å². The van der Waals surface area contributed by atoms with Crippen LogP contribution < -0.4 is 0 Å². The monoisotopic (exact) mass is 392 g/mol. The summed E-state index contributed by atoms with van der Waals surface area (Å²) >= 11 is 0. The smallest absolute Gasteiger partial charge is 0.302 e. The van der Waals surface area contributed by atoms with Gasteiger partial charge < -0.3 is 14.9 Å². The number of hydrogen-bond acceptors (Lipinski definition) is 5. The molecular formula is C23H36O5. The van der Waals surface area contributed by atoms with Crippen molar-refractivity contribution in [1.29, 1.82) is 0 Å². The summed E-state index contributed by atoms with van der Waals surface area (Å²) in [5.41, 5.74) is -0.110. The highest BCUT2D eigenvalue weighted by atomic mass is 16.5. The van der Waals surface area contributed by atoms with E-state index in [1.165, 1.54) is 6.92 Å². The molecule has 28 heavy (non-hydrogen) atoms. The minimum atomic E-state index is -0.392. The molecule has 4 fully saturated rings. The Balaban J connectivity index is 1.71. The summed E-state index contributed by atoms with van der Waals surface area (Å²) in [5, 5.41) is 19.7. The molecule has 2 N–H and O–H groups in total. The number of carbonyl (C=O) groups is 2. The molecule has 0 heterocycles. The van der Waals surface area contributed by atoms with E-state index in [9.17, 15) is 19.8 Å². The second-order valence-electron chi connectivity index (χ2n) is 10.6. The standard InChI is InChI=1S/C23H36O5/c1-13(25)28-20-11-23(3)17(6-7-18(23)19(27)12-24)16-5-4-14-10-15(26)8-9-22(14,2)21(16)20/h14-18,20-21,24,26H,4-12H2,1-3H3/t14-,15+,16-,17-,18+,20?,21+,22-,23-/m0/s1. The predicted molar refractivity (Wildman–Crippen MR) is 104 cm³/mol. The van der Waals surface area contributed by atoms with Gasteiger partial charge >= 0.3 is 5.97 Å². The Labute approximate surface area is 168 Å². The molecule has 0 bridgehead atoms. The molecule has 5 heteroatoms. The molecule has 0 radical (unpaired) electrons. The Kier molecular flexibility index (Phi) is 5.15. The number of carbonyl (C=O) groups excluding carboxylic acids is 2. The zero-order chi connectivity index (χ0) is 20.3. The first-order valence-corrected chi connectivity index (χ1v) is 11.2. The molecule has 0 aliphatic heterocycles. The normalized spacial score (nSPS) is 50.2. The minimum Gasteiger partial charge on any atom is -0.462 e. The van der Waals surface area contributed by atoms with Gasteiger partial charge in [-0.2, -0.15) is 0 Å². The van der Waals surface area contributed by atoms with Crippen LogP contribution in [-0.4, -0.2) is 40.8 Å². The van der Waals surface area contributed by atoms with Crippen LogP contribution in [0.1, 0.15) is 72.1 Å². The summed E-state index contributed by atoms with van der Waals surface area (Å²) < 4.78 is 5.96. The summed E-state index contributed by atoms with van der Waals surface area (Å²) in [7, 11) is 0. The van der Waals surface area contributed by atoms with Crippen LogP contribution in [-0.2, 0) is 14.3 Å². The zero-order valence-corrected chi connectivity index (χ0v) is 17.5. The first kappa shape index (κ1) is 20.3. The number of fused-ring (bicyclic) bond motifs is 5. The highest BCUT2D eigenvalue weighted by molar-refractivity contribution is 5.83. The van der Waals surface area contributed by atoms with Gasteiger partial charge in [-0.05, 0) is 80.0 Å². The minimum absolute atomic E-state index is 0.0503. The van der Waals surface area contributed by atoms with Crippen LogP contribution in [0, 0.1) is 40.4 Å². The summed E-state index contributed by atoms with van der Waals surface area (Å²) in [6, 6.07) is 0. The molecule has 0 saturated heterocycles. The molecule has 0 amide bonds. The number of hydrogen-bond donors (Lipinski definition) is 2. The molecule has 4 aliphatic rings. The molecule has 1 unspecified atom stereocenters. The van der Waals surface area contributed by atoms with Crippen molar-refractivity contribution in [3.05, 3.63) is 0 Å². The average Bonchev–Trinajstić information content (AvgIpc) is 2.97. The largest absolute Gasteiger partial charge is 0.462 e. The van der Waals surface area contributed by atoms with Crippen molar-refractivity contribution in [2.45, 2.75) is 84.3 Å². The third-order valence-corrected chi connectivity index (χ3v) is 9.41. The van der Waals surface area contributed by atoms with E-state index >= 15 is 0 Å². The number of ether oxygens (including phenoxy) is 1. The first-order chi connectivity index (χ1) is 13.2. The van der Waals surface area contributed by atoms with E-state index in [2.05, 4.69) is 13.8 Å². The summed E-state index contributed by atoms with van der Waals surface area (Å²) in [5.74, 6) is 1.28. The molecule has 9 atom stereocenters. The maximum absolute atomic E-state index is 12.5. The number of Topliss-reactive ketones (excluding diaryl/α,β-unsaturated/α-hetero) is 1. The molecule has 4 saturated carbocycles. The Morgan fingerprint density at radius 2 is 1.82 bits per heavy atom. The molecular weight excluding hydrogens is 356 g/mol. The Morgan fingerprint density at radius 3 is 2.50 bits per heavy atom. The van der Waals surface area contributed by atoms with Gasteiger partial charge in [0, 0.05) is 18.8 Å². The van der Waals surface area contributed by atoms with Gasteiger partial charge in [0.25, 0.3) is 0 Å². The maximum atomic E-state index is 12.5. The SMILES string of the molecule is CC(=O)OC1C[C@]2(C)[C@@H](C(=O)CO)CC[C@H]2[C@@H]2CC[C@H]3C[C@H](O)CC[C@]3(C)[C@@H]12. The predicted octanol–water partition coefficient (Wildman–Crippen LogP) is 3.11. The van der Waals surface area contributed by atoms with Gasteiger partial charge in [0.05, 0.1) is 6.10 Å². The zero-order valence-electron chi connectivity index (χ0n) is 17.5. The lowest BCUT2D eigenvalue weighted by atomic mass is 9.43. The summed E-state index contributed by atoms with van der Waals surface area (Å²) in [6.07, 6.45) is 7.12. The number of rotatable bonds is 3. The van der Waals surface area contributed by atoms with E-state index in [-0.39, 0.29) is 40.7 Å². The van der Waals surface area contributed by atoms with E-state index in [4.69, 9.17) is 4.74 Å². The average molecular weight is 393 g/mol. The van der Waals surface area contributed by atoms with Gasteiger partial charge in [-0.3, -0.25) is 9.59 Å². The van der Waals surface area contributed by atoms with Crippen molar-refractivity contribution in [2.75, 3.05) is 6.61 Å². The second kappa shape index (κ2) is 7.09. The van der Waals surface area contributed by atoms with Gasteiger partial charge in [0.2, 0.25) is 0 Å². The number of aliphatic hydroxyl groups excluding tert-OH is 2. The quantitative estimate of drug-likeness (QED) is 0.721. The van der Waals surface area contributed by atoms with E-state index < -0.39 is 6.61 Å². The molecule has 5 nitrogen and oxygen atoms in total. The Hall–Kier alpha value is -0.940. The maximum Gasteiger partial charge on any atom is 0.302 e. The van der Waals surface area contributed by atoms with Crippen LogP contribution >= 0.6 is 0 Å². The highest BCUT2D eigenvalue weighted by Crippen LogP contribution is 2.68. The van der Waals surface area contributed by atoms with Crippen molar-refractivity contribution in [2.24, 2.45) is 40.4 Å². The van der Waals surface area contributed by atoms with Crippen molar-refractivity contribution in [3.63, 3.8) is 0 Å². The molecule has 0 aromatic heterocycles. The summed E-state index contributed by atoms with van der Waals surface area (Å²) in [4.78, 5) is 24.5. The van der Waals surface area contributed by atoms with Crippen LogP contribution in [0.2, 0.25) is 0 Å². The van der Waals surface area contributed by atoms with E-state index in [0.29, 0.717) is 23.7 Å². The van der Waals surface area contributed by atoms with Gasteiger partial charge in [0.15, 0.2) is 5.78 Å². The van der Waals surface area contributed by atoms with E-state index in [1.807, 2.05) is 0 Å². The van der Waals surface area contributed by atoms with Crippen LogP contribution in [0.25, 0.3) is 0 Å². The topological polar surface area (TPSA) is 83.8 Å². The number of ketones is 1. The lowest BCUT2D eigenvalue weighted by Crippen LogP contribution is -2.60. The Morgan fingerprint density at radius 1 is 1.07 bits per heavy atom. The van der Waals surface area contributed by atoms with Crippen LogP contribution in [0.4, 0.5) is 0 Å². The van der Waals surface area contributed by atoms with Crippen LogP contribution in [0.5, 0.6) is 0 Å². The van der Waals surface area contributed by atoms with Crippen LogP contribution in [0.15, 0.2) is 0 Å². The number of aliphatic hydroxyl groups is 2. The van der Waals surface area contributed by atoms with Crippen LogP contribution in [0.3, 0.4) is 0 Å². The lowest BCUT2D eigenvalue weighted by Gasteiger charge is -2.62. The molecule has 4 rings (SSSR count). The van der Waals surface area contributed by atoms with Crippen molar-refractivity contribution >= 4 is 11.8 Å². The summed E-state index contributed by atoms with van der Waals surface area (Å²) in [6.45, 7) is 5.66. The number of esters is 1. The molecule has 4 aliphatic carbocycles. The van der Waals surface area contributed by atoms with Crippen molar-refractivity contribution in [3.8, 4) is 0 Å². The fourth-order valence-corrected chi connectivity index (χ4v) is 8.29. The molecule has 0 aromatic rings. The van der Waals surface area contributed by atoms with Crippen molar-refractivity contribution < 1.29 is 24.5 Å². The third kappa shape index (κ3) is 2.96. The lowest BCUT2D eigenvalue weighted by molar-refractivity contribution is -0.197. The fraction of sp³-hybridized carbons (Fsp3) is 0.913. The van der Waals surface area contributed by atoms with Gasteiger partial charge in [-0.25, -0.2) is 0 Å².